The molecule has 0 fully saturated rings. The highest BCUT2D eigenvalue weighted by Crippen LogP contribution is 2.17. The Bertz CT molecular complexity index is 992. The van der Waals surface area contributed by atoms with Crippen LogP contribution in [0.1, 0.15) is 65.2 Å². The molecule has 0 saturated carbocycles. The van der Waals surface area contributed by atoms with E-state index >= 15 is 0 Å². The van der Waals surface area contributed by atoms with Crippen LogP contribution >= 0.6 is 0 Å². The highest BCUT2D eigenvalue weighted by atomic mass is 16.6. The van der Waals surface area contributed by atoms with Gasteiger partial charge < -0.3 is 23.7 Å². The van der Waals surface area contributed by atoms with Crippen molar-refractivity contribution in [3.8, 4) is 0 Å². The molecule has 0 radical (unpaired) electrons. The Labute approximate surface area is 203 Å². The minimum atomic E-state index is -0.933. The van der Waals surface area contributed by atoms with E-state index in [-0.39, 0.29) is 54.3 Å². The van der Waals surface area contributed by atoms with Crippen LogP contribution < -0.4 is 0 Å². The highest BCUT2D eigenvalue weighted by molar-refractivity contribution is 6.05. The Morgan fingerprint density at radius 1 is 0.743 bits per heavy atom. The van der Waals surface area contributed by atoms with Gasteiger partial charge in [0.05, 0.1) is 22.8 Å². The fourth-order valence-corrected chi connectivity index (χ4v) is 2.29. The van der Waals surface area contributed by atoms with Gasteiger partial charge in [-0.2, -0.15) is 0 Å². The molecule has 0 spiro atoms. The molecule has 1 atom stereocenters. The fraction of sp³-hybridized carbons (Fsp3) is 0.400. The van der Waals surface area contributed by atoms with E-state index in [4.69, 9.17) is 23.7 Å². The Hall–Kier alpha value is -3.95. The zero-order valence-electron chi connectivity index (χ0n) is 20.3. The van der Waals surface area contributed by atoms with Crippen molar-refractivity contribution in [1.29, 1.82) is 0 Å². The smallest absolute Gasteiger partial charge is 0.339 e. The number of rotatable bonds is 13. The predicted molar refractivity (Wildman–Crippen MR) is 124 cm³/mol. The summed E-state index contributed by atoms with van der Waals surface area (Å²) in [6, 6.07) is 3.68. The SMILES string of the molecule is C=C(C)C(=O)OCCOC(=O)c1ccc(C(=O)OC(C)CC)c(C(=O)OCCOC(=O)C(=C)C)c1. The molecule has 0 aliphatic heterocycles. The van der Waals surface area contributed by atoms with Crippen LogP contribution in [0.2, 0.25) is 0 Å². The summed E-state index contributed by atoms with van der Waals surface area (Å²) in [5, 5.41) is 0. The summed E-state index contributed by atoms with van der Waals surface area (Å²) in [7, 11) is 0. The molecule has 0 aromatic heterocycles. The molecule has 0 saturated heterocycles. The van der Waals surface area contributed by atoms with Crippen LogP contribution in [0.25, 0.3) is 0 Å². The van der Waals surface area contributed by atoms with Crippen LogP contribution in [0.4, 0.5) is 0 Å². The molecule has 0 heterocycles. The first-order valence-corrected chi connectivity index (χ1v) is 10.8. The molecular weight excluding hydrogens is 460 g/mol. The van der Waals surface area contributed by atoms with Crippen LogP contribution in [0, 0.1) is 0 Å². The van der Waals surface area contributed by atoms with Gasteiger partial charge in [0.2, 0.25) is 0 Å². The van der Waals surface area contributed by atoms with Crippen LogP contribution in [-0.4, -0.2) is 62.4 Å². The van der Waals surface area contributed by atoms with E-state index in [9.17, 15) is 24.0 Å². The molecule has 0 aliphatic rings. The van der Waals surface area contributed by atoms with E-state index in [0.717, 1.165) is 6.07 Å². The van der Waals surface area contributed by atoms with E-state index in [2.05, 4.69) is 13.2 Å². The van der Waals surface area contributed by atoms with Crippen molar-refractivity contribution >= 4 is 29.8 Å². The summed E-state index contributed by atoms with van der Waals surface area (Å²) in [6.07, 6.45) is 0.152. The Balaban J connectivity index is 2.96. The van der Waals surface area contributed by atoms with Gasteiger partial charge in [0.15, 0.2) is 0 Å². The molecule has 10 heteroatoms. The van der Waals surface area contributed by atoms with Gasteiger partial charge in [-0.1, -0.05) is 20.1 Å². The number of hydrogen-bond acceptors (Lipinski definition) is 10. The van der Waals surface area contributed by atoms with Gasteiger partial charge in [0.25, 0.3) is 0 Å². The maximum absolute atomic E-state index is 12.7. The van der Waals surface area contributed by atoms with Crippen molar-refractivity contribution in [2.45, 2.75) is 40.2 Å². The Kier molecular flexibility index (Phi) is 11.9. The van der Waals surface area contributed by atoms with Crippen molar-refractivity contribution in [3.63, 3.8) is 0 Å². The third kappa shape index (κ3) is 9.83. The topological polar surface area (TPSA) is 132 Å². The number of esters is 5. The lowest BCUT2D eigenvalue weighted by atomic mass is 10.0. The third-order valence-corrected chi connectivity index (χ3v) is 4.37. The van der Waals surface area contributed by atoms with E-state index < -0.39 is 36.0 Å². The van der Waals surface area contributed by atoms with Crippen LogP contribution in [0.15, 0.2) is 42.5 Å². The maximum Gasteiger partial charge on any atom is 0.339 e. The summed E-state index contributed by atoms with van der Waals surface area (Å²) in [6.45, 7) is 12.4. The number of carbonyl (C=O) groups is 5. The molecule has 0 amide bonds. The number of carbonyl (C=O) groups excluding carboxylic acids is 5. The number of ether oxygens (including phenoxy) is 5. The van der Waals surface area contributed by atoms with E-state index in [1.165, 1.54) is 26.0 Å². The van der Waals surface area contributed by atoms with Gasteiger partial charge in [0.1, 0.15) is 26.4 Å². The normalized spacial score (nSPS) is 11.0. The van der Waals surface area contributed by atoms with Gasteiger partial charge in [0, 0.05) is 11.1 Å². The maximum atomic E-state index is 12.7. The molecule has 190 valence electrons. The molecule has 35 heavy (non-hydrogen) atoms. The van der Waals surface area contributed by atoms with E-state index in [0.29, 0.717) is 6.42 Å². The molecule has 1 unspecified atom stereocenters. The average Bonchev–Trinajstić information content (AvgIpc) is 2.82. The van der Waals surface area contributed by atoms with Gasteiger partial charge in [-0.3, -0.25) is 0 Å². The molecule has 10 nitrogen and oxygen atoms in total. The fourth-order valence-electron chi connectivity index (χ4n) is 2.29. The molecule has 0 N–H and O–H groups in total. The zero-order chi connectivity index (χ0) is 26.5. The van der Waals surface area contributed by atoms with Gasteiger partial charge in [-0.15, -0.1) is 0 Å². The number of benzene rings is 1. The quantitative estimate of drug-likeness (QED) is 0.176. The molecule has 1 aromatic rings. The summed E-state index contributed by atoms with van der Waals surface area (Å²) in [4.78, 5) is 60.4. The second-order valence-corrected chi connectivity index (χ2v) is 7.49. The summed E-state index contributed by atoms with van der Waals surface area (Å²) in [5.41, 5.74) is 0.00610. The van der Waals surface area contributed by atoms with Crippen LogP contribution in [0.3, 0.4) is 0 Å². The molecule has 0 aliphatic carbocycles. The van der Waals surface area contributed by atoms with Gasteiger partial charge in [-0.05, 0) is 45.4 Å². The predicted octanol–water partition coefficient (Wildman–Crippen LogP) is 3.19. The largest absolute Gasteiger partial charge is 0.459 e. The highest BCUT2D eigenvalue weighted by Gasteiger charge is 2.23. The lowest BCUT2D eigenvalue weighted by Gasteiger charge is -2.14. The first-order valence-electron chi connectivity index (χ1n) is 10.8. The molecule has 0 bridgehead atoms. The third-order valence-electron chi connectivity index (χ3n) is 4.37. The minimum absolute atomic E-state index is 0.0445. The van der Waals surface area contributed by atoms with Crippen LogP contribution in [0.5, 0.6) is 0 Å². The van der Waals surface area contributed by atoms with Crippen molar-refractivity contribution in [3.05, 3.63) is 59.2 Å². The lowest BCUT2D eigenvalue weighted by Crippen LogP contribution is -2.21. The van der Waals surface area contributed by atoms with E-state index in [1.807, 2.05) is 6.92 Å². The lowest BCUT2D eigenvalue weighted by molar-refractivity contribution is -0.140. The first kappa shape index (κ1) is 29.1. The molecule has 1 rings (SSSR count). The van der Waals surface area contributed by atoms with Gasteiger partial charge >= 0.3 is 29.8 Å². The van der Waals surface area contributed by atoms with Gasteiger partial charge in [-0.25, -0.2) is 24.0 Å². The zero-order valence-corrected chi connectivity index (χ0v) is 20.3. The van der Waals surface area contributed by atoms with E-state index in [1.54, 1.807) is 6.92 Å². The molecular formula is C25H30O10. The van der Waals surface area contributed by atoms with Crippen molar-refractivity contribution in [2.75, 3.05) is 26.4 Å². The second kappa shape index (κ2) is 14.3. The molecule has 1 aromatic carbocycles. The minimum Gasteiger partial charge on any atom is -0.459 e. The number of hydrogen-bond donors (Lipinski definition) is 0. The summed E-state index contributed by atoms with van der Waals surface area (Å²) < 4.78 is 25.1. The first-order chi connectivity index (χ1) is 16.5. The average molecular weight is 491 g/mol. The summed E-state index contributed by atoms with van der Waals surface area (Å²) >= 11 is 0. The van der Waals surface area contributed by atoms with Crippen LogP contribution in [-0.2, 0) is 33.3 Å². The summed E-state index contributed by atoms with van der Waals surface area (Å²) in [5.74, 6) is -3.78. The Morgan fingerprint density at radius 2 is 1.23 bits per heavy atom. The second-order valence-electron chi connectivity index (χ2n) is 7.49. The standard InChI is InChI=1S/C25H30O10/c1-7-17(6)35-25(30)19-9-8-18(23(28)33-12-10-31-21(26)15(2)3)14-20(19)24(29)34-13-11-32-22(27)16(4)5/h8-9,14,17H,2,4,7,10-13H2,1,3,5-6H3. The Morgan fingerprint density at radius 3 is 1.71 bits per heavy atom. The van der Waals surface area contributed by atoms with Crippen molar-refractivity contribution < 1.29 is 47.7 Å². The van der Waals surface area contributed by atoms with Crippen molar-refractivity contribution in [2.24, 2.45) is 0 Å². The monoisotopic (exact) mass is 490 g/mol. The van der Waals surface area contributed by atoms with Crippen molar-refractivity contribution in [1.82, 2.24) is 0 Å².